The largest absolute Gasteiger partial charge is 0.377 e. The van der Waals surface area contributed by atoms with E-state index in [1.807, 2.05) is 0 Å². The van der Waals surface area contributed by atoms with Crippen molar-refractivity contribution in [2.24, 2.45) is 0 Å². The summed E-state index contributed by atoms with van der Waals surface area (Å²) < 4.78 is 4.87. The molecule has 2 amide bonds. The minimum Gasteiger partial charge on any atom is -0.377 e. The number of ether oxygens (including phenoxy) is 1. The van der Waals surface area contributed by atoms with Gasteiger partial charge in [0.25, 0.3) is 0 Å². The number of rotatable bonds is 3. The van der Waals surface area contributed by atoms with Gasteiger partial charge in [-0.1, -0.05) is 0 Å². The second kappa shape index (κ2) is 4.41. The Labute approximate surface area is 70.2 Å². The number of amides is 2. The maximum Gasteiger partial charge on any atom is 0.315 e. The molecule has 1 fully saturated rings. The third-order valence-corrected chi connectivity index (χ3v) is 1.54. The molecule has 0 aliphatic carbocycles. The first-order valence-electron chi connectivity index (χ1n) is 3.51. The minimum atomic E-state index is -0.168. The Balaban J connectivity index is 2.00. The quantitative estimate of drug-likeness (QED) is 0.595. The number of halogens is 1. The van der Waals surface area contributed by atoms with E-state index in [0.29, 0.717) is 25.6 Å². The van der Waals surface area contributed by atoms with Gasteiger partial charge in [-0.2, -0.15) is 0 Å². The highest BCUT2D eigenvalue weighted by atomic mass is 35.5. The zero-order chi connectivity index (χ0) is 8.10. The van der Waals surface area contributed by atoms with E-state index in [9.17, 15) is 4.79 Å². The summed E-state index contributed by atoms with van der Waals surface area (Å²) in [5, 5.41) is 5.31. The van der Waals surface area contributed by atoms with E-state index >= 15 is 0 Å². The Morgan fingerprint density at radius 3 is 2.82 bits per heavy atom. The van der Waals surface area contributed by atoms with Crippen LogP contribution < -0.4 is 10.6 Å². The van der Waals surface area contributed by atoms with Crippen LogP contribution in [-0.4, -0.2) is 37.7 Å². The van der Waals surface area contributed by atoms with E-state index in [1.165, 1.54) is 0 Å². The molecule has 1 heterocycles. The standard InChI is InChI=1S/C6H11ClN2O2/c7-1-2-8-6(10)9-5-3-11-4-5/h5H,1-4H2,(H2,8,9,10). The topological polar surface area (TPSA) is 50.4 Å². The Kier molecular flexibility index (Phi) is 3.45. The molecule has 64 valence electrons. The molecule has 1 saturated heterocycles. The molecule has 11 heavy (non-hydrogen) atoms. The van der Waals surface area contributed by atoms with E-state index < -0.39 is 0 Å². The molecule has 1 rings (SSSR count). The monoisotopic (exact) mass is 178 g/mol. The lowest BCUT2D eigenvalue weighted by atomic mass is 10.3. The Morgan fingerprint density at radius 2 is 2.36 bits per heavy atom. The third kappa shape index (κ3) is 2.95. The van der Waals surface area contributed by atoms with Crippen molar-refractivity contribution in [2.45, 2.75) is 6.04 Å². The first-order chi connectivity index (χ1) is 5.33. The molecule has 0 unspecified atom stereocenters. The van der Waals surface area contributed by atoms with Crippen LogP contribution in [0.1, 0.15) is 0 Å². The van der Waals surface area contributed by atoms with Crippen LogP contribution in [0.2, 0.25) is 0 Å². The molecule has 1 aliphatic heterocycles. The number of hydrogen-bond acceptors (Lipinski definition) is 2. The number of alkyl halides is 1. The van der Waals surface area contributed by atoms with Crippen molar-refractivity contribution in [3.8, 4) is 0 Å². The molecule has 0 radical (unpaired) electrons. The summed E-state index contributed by atoms with van der Waals surface area (Å²) in [7, 11) is 0. The van der Waals surface area contributed by atoms with Crippen LogP contribution >= 0.6 is 11.6 Å². The van der Waals surface area contributed by atoms with Crippen molar-refractivity contribution in [3.63, 3.8) is 0 Å². The van der Waals surface area contributed by atoms with Crippen LogP contribution in [0.3, 0.4) is 0 Å². The maximum atomic E-state index is 10.9. The SMILES string of the molecule is O=C(NCCCl)NC1COC1. The lowest BCUT2D eigenvalue weighted by Crippen LogP contribution is -2.52. The Bertz CT molecular complexity index is 139. The zero-order valence-corrected chi connectivity index (χ0v) is 6.86. The minimum absolute atomic E-state index is 0.168. The molecule has 0 saturated carbocycles. The van der Waals surface area contributed by atoms with Crippen molar-refractivity contribution < 1.29 is 9.53 Å². The molecule has 0 aromatic heterocycles. The van der Waals surface area contributed by atoms with Gasteiger partial charge >= 0.3 is 6.03 Å². The fourth-order valence-corrected chi connectivity index (χ4v) is 0.811. The molecule has 4 nitrogen and oxygen atoms in total. The molecule has 0 aromatic rings. The van der Waals surface area contributed by atoms with E-state index in [0.717, 1.165) is 0 Å². The highest BCUT2D eigenvalue weighted by Crippen LogP contribution is 1.98. The third-order valence-electron chi connectivity index (χ3n) is 1.35. The van der Waals surface area contributed by atoms with E-state index in [4.69, 9.17) is 16.3 Å². The average Bonchev–Trinajstić information content (AvgIpc) is 1.93. The first-order valence-corrected chi connectivity index (χ1v) is 4.04. The molecular weight excluding hydrogens is 168 g/mol. The maximum absolute atomic E-state index is 10.9. The number of nitrogens with one attached hydrogen (secondary N) is 2. The van der Waals surface area contributed by atoms with Crippen molar-refractivity contribution in [2.75, 3.05) is 25.6 Å². The van der Waals surface area contributed by atoms with Crippen LogP contribution in [0, 0.1) is 0 Å². The van der Waals surface area contributed by atoms with Gasteiger partial charge in [-0.3, -0.25) is 0 Å². The van der Waals surface area contributed by atoms with Crippen LogP contribution in [0.4, 0.5) is 4.79 Å². The van der Waals surface area contributed by atoms with E-state index in [1.54, 1.807) is 0 Å². The summed E-state index contributed by atoms with van der Waals surface area (Å²) in [5.41, 5.74) is 0. The average molecular weight is 179 g/mol. The molecule has 2 N–H and O–H groups in total. The van der Waals surface area contributed by atoms with Gasteiger partial charge in [0.15, 0.2) is 0 Å². The van der Waals surface area contributed by atoms with E-state index in [-0.39, 0.29) is 12.1 Å². The summed E-state index contributed by atoms with van der Waals surface area (Å²) in [4.78, 5) is 10.9. The van der Waals surface area contributed by atoms with Gasteiger partial charge in [0, 0.05) is 12.4 Å². The van der Waals surface area contributed by atoms with Crippen molar-refractivity contribution in [3.05, 3.63) is 0 Å². The van der Waals surface area contributed by atoms with Crippen molar-refractivity contribution >= 4 is 17.6 Å². The van der Waals surface area contributed by atoms with Crippen LogP contribution in [-0.2, 0) is 4.74 Å². The summed E-state index contributed by atoms with van der Waals surface area (Å²) in [6.45, 7) is 1.74. The first kappa shape index (κ1) is 8.62. The van der Waals surface area contributed by atoms with Crippen molar-refractivity contribution in [1.82, 2.24) is 10.6 Å². The summed E-state index contributed by atoms with van der Waals surface area (Å²) >= 11 is 5.36. The summed E-state index contributed by atoms with van der Waals surface area (Å²) in [6.07, 6.45) is 0. The normalized spacial score (nSPS) is 17.2. The molecule has 0 atom stereocenters. The summed E-state index contributed by atoms with van der Waals surface area (Å²) in [5.74, 6) is 0.439. The lowest BCUT2D eigenvalue weighted by molar-refractivity contribution is 0.0000349. The summed E-state index contributed by atoms with van der Waals surface area (Å²) in [6, 6.07) is 0.0178. The van der Waals surface area contributed by atoms with Gasteiger partial charge in [-0.15, -0.1) is 11.6 Å². The van der Waals surface area contributed by atoms with E-state index in [2.05, 4.69) is 10.6 Å². The molecule has 0 spiro atoms. The highest BCUT2D eigenvalue weighted by molar-refractivity contribution is 6.18. The highest BCUT2D eigenvalue weighted by Gasteiger charge is 2.19. The Morgan fingerprint density at radius 1 is 1.64 bits per heavy atom. The number of carbonyl (C=O) groups is 1. The number of hydrogen-bond donors (Lipinski definition) is 2. The predicted octanol–water partition coefficient (Wildman–Crippen LogP) is -0.0768. The lowest BCUT2D eigenvalue weighted by Gasteiger charge is -2.26. The smallest absolute Gasteiger partial charge is 0.315 e. The molecule has 1 aliphatic rings. The van der Waals surface area contributed by atoms with Crippen LogP contribution in [0.25, 0.3) is 0 Å². The second-order valence-corrected chi connectivity index (χ2v) is 2.70. The number of carbonyl (C=O) groups excluding carboxylic acids is 1. The molecule has 0 aromatic carbocycles. The van der Waals surface area contributed by atoms with Gasteiger partial charge in [0.1, 0.15) is 0 Å². The van der Waals surface area contributed by atoms with Gasteiger partial charge < -0.3 is 15.4 Å². The molecule has 0 bridgehead atoms. The van der Waals surface area contributed by atoms with Gasteiger partial charge in [-0.05, 0) is 0 Å². The van der Waals surface area contributed by atoms with Crippen LogP contribution in [0.5, 0.6) is 0 Å². The van der Waals surface area contributed by atoms with Crippen molar-refractivity contribution in [1.29, 1.82) is 0 Å². The fraction of sp³-hybridized carbons (Fsp3) is 0.833. The van der Waals surface area contributed by atoms with Gasteiger partial charge in [0.2, 0.25) is 0 Å². The fourth-order valence-electron chi connectivity index (χ4n) is 0.716. The zero-order valence-electron chi connectivity index (χ0n) is 6.10. The van der Waals surface area contributed by atoms with Gasteiger partial charge in [0.05, 0.1) is 19.3 Å². The number of urea groups is 1. The molecular formula is C6H11ClN2O2. The Hall–Kier alpha value is -0.480. The van der Waals surface area contributed by atoms with Gasteiger partial charge in [-0.25, -0.2) is 4.79 Å². The second-order valence-electron chi connectivity index (χ2n) is 2.32. The predicted molar refractivity (Wildman–Crippen MR) is 41.9 cm³/mol. The molecule has 5 heteroatoms. The van der Waals surface area contributed by atoms with Crippen LogP contribution in [0.15, 0.2) is 0 Å².